The fourth-order valence-corrected chi connectivity index (χ4v) is 4.96. The maximum atomic E-state index is 12.2. The van der Waals surface area contributed by atoms with Gasteiger partial charge in [-0.15, -0.1) is 0 Å². The first kappa shape index (κ1) is 16.6. The Morgan fingerprint density at radius 3 is 2.76 bits per heavy atom. The molecule has 0 saturated carbocycles. The van der Waals surface area contributed by atoms with Crippen LogP contribution in [0, 0.1) is 5.92 Å². The van der Waals surface area contributed by atoms with Gasteiger partial charge in [0.1, 0.15) is 0 Å². The number of carbonyl (C=O) groups excluding carboxylic acids is 1. The van der Waals surface area contributed by atoms with Crippen LogP contribution in [0.3, 0.4) is 0 Å². The molecule has 134 valence electrons. The zero-order chi connectivity index (χ0) is 17.9. The minimum atomic E-state index is -0.0762. The number of likely N-dealkylation sites (N-methyl/N-ethyl adjacent to an activating group) is 1. The zero-order valence-electron chi connectivity index (χ0n) is 15.8. The predicted molar refractivity (Wildman–Crippen MR) is 100.0 cm³/mol. The van der Waals surface area contributed by atoms with Crippen LogP contribution in [0.2, 0.25) is 0 Å². The average molecular weight is 340 g/mol. The molecule has 1 saturated heterocycles. The maximum Gasteiger partial charge on any atom is 0.309 e. The van der Waals surface area contributed by atoms with Crippen molar-refractivity contribution in [1.82, 2.24) is 9.88 Å². The van der Waals surface area contributed by atoms with Crippen LogP contribution in [-0.2, 0) is 21.4 Å². The van der Waals surface area contributed by atoms with Crippen molar-refractivity contribution in [3.8, 4) is 0 Å². The van der Waals surface area contributed by atoms with Crippen LogP contribution in [0.1, 0.15) is 49.8 Å². The van der Waals surface area contributed by atoms with E-state index in [9.17, 15) is 4.79 Å². The SMILES string of the molecule is COC(=O)C1C[C@@H]2c3ccc(C(C)(C)C)c4[nH]cc(c34)C[C@H]2N(C)C1. The van der Waals surface area contributed by atoms with E-state index >= 15 is 0 Å². The molecule has 0 bridgehead atoms. The number of nitrogens with zero attached hydrogens (tertiary/aromatic N) is 1. The Balaban J connectivity index is 1.83. The highest BCUT2D eigenvalue weighted by Crippen LogP contribution is 2.46. The first-order chi connectivity index (χ1) is 11.8. The molecular weight excluding hydrogens is 312 g/mol. The van der Waals surface area contributed by atoms with Gasteiger partial charge in [-0.3, -0.25) is 4.79 Å². The molecule has 1 N–H and O–H groups in total. The largest absolute Gasteiger partial charge is 0.469 e. The molecule has 0 spiro atoms. The van der Waals surface area contributed by atoms with Gasteiger partial charge in [0, 0.05) is 35.6 Å². The number of hydrogen-bond donors (Lipinski definition) is 1. The summed E-state index contributed by atoms with van der Waals surface area (Å²) in [5, 5.41) is 1.40. The van der Waals surface area contributed by atoms with E-state index in [1.165, 1.54) is 34.7 Å². The predicted octanol–water partition coefficient (Wildman–Crippen LogP) is 3.60. The highest BCUT2D eigenvalue weighted by Gasteiger charge is 2.42. The molecule has 1 unspecified atom stereocenters. The first-order valence-electron chi connectivity index (χ1n) is 9.22. The van der Waals surface area contributed by atoms with Gasteiger partial charge < -0.3 is 14.6 Å². The van der Waals surface area contributed by atoms with E-state index in [-0.39, 0.29) is 17.3 Å². The van der Waals surface area contributed by atoms with E-state index < -0.39 is 0 Å². The summed E-state index contributed by atoms with van der Waals surface area (Å²) >= 11 is 0. The lowest BCUT2D eigenvalue weighted by atomic mass is 9.71. The second-order valence-corrected chi connectivity index (χ2v) is 8.79. The Kier molecular flexibility index (Phi) is 3.73. The average Bonchev–Trinajstić information content (AvgIpc) is 2.98. The molecule has 3 atom stereocenters. The highest BCUT2D eigenvalue weighted by molar-refractivity contribution is 5.91. The molecule has 1 aromatic carbocycles. The van der Waals surface area contributed by atoms with Gasteiger partial charge in [0.2, 0.25) is 0 Å². The third kappa shape index (κ3) is 2.50. The summed E-state index contributed by atoms with van der Waals surface area (Å²) in [5.74, 6) is 0.282. The summed E-state index contributed by atoms with van der Waals surface area (Å²) in [6.07, 6.45) is 4.13. The number of ether oxygens (including phenoxy) is 1. The Labute approximate surface area is 149 Å². The number of nitrogens with one attached hydrogen (secondary N) is 1. The Hall–Kier alpha value is -1.81. The number of likely N-dealkylation sites (tertiary alicyclic amines) is 1. The van der Waals surface area contributed by atoms with Crippen molar-refractivity contribution >= 4 is 16.9 Å². The van der Waals surface area contributed by atoms with E-state index in [4.69, 9.17) is 4.74 Å². The molecule has 0 amide bonds. The van der Waals surface area contributed by atoms with Crippen LogP contribution < -0.4 is 0 Å². The Morgan fingerprint density at radius 2 is 2.08 bits per heavy atom. The summed E-state index contributed by atoms with van der Waals surface area (Å²) in [7, 11) is 3.64. The number of aromatic amines is 1. The second-order valence-electron chi connectivity index (χ2n) is 8.79. The topological polar surface area (TPSA) is 45.3 Å². The zero-order valence-corrected chi connectivity index (χ0v) is 15.8. The van der Waals surface area contributed by atoms with Crippen molar-refractivity contribution in [3.05, 3.63) is 35.0 Å². The van der Waals surface area contributed by atoms with Gasteiger partial charge in [0.15, 0.2) is 0 Å². The van der Waals surface area contributed by atoms with E-state index in [1.807, 2.05) is 0 Å². The molecule has 4 rings (SSSR count). The minimum absolute atomic E-state index is 0.0333. The van der Waals surface area contributed by atoms with Crippen LogP contribution in [0.25, 0.3) is 10.9 Å². The van der Waals surface area contributed by atoms with Crippen molar-refractivity contribution in [2.45, 2.75) is 51.0 Å². The summed E-state index contributed by atoms with van der Waals surface area (Å²) in [6, 6.07) is 5.06. The number of rotatable bonds is 1. The van der Waals surface area contributed by atoms with Crippen molar-refractivity contribution in [2.75, 3.05) is 20.7 Å². The summed E-state index contributed by atoms with van der Waals surface area (Å²) in [6.45, 7) is 7.57. The maximum absolute atomic E-state index is 12.2. The number of hydrogen-bond acceptors (Lipinski definition) is 3. The van der Waals surface area contributed by atoms with Crippen molar-refractivity contribution in [1.29, 1.82) is 0 Å². The number of methoxy groups -OCH3 is 1. The van der Waals surface area contributed by atoms with Crippen molar-refractivity contribution in [2.24, 2.45) is 5.92 Å². The van der Waals surface area contributed by atoms with Gasteiger partial charge in [-0.25, -0.2) is 0 Å². The van der Waals surface area contributed by atoms with Crippen molar-refractivity contribution in [3.63, 3.8) is 0 Å². The van der Waals surface area contributed by atoms with Gasteiger partial charge >= 0.3 is 5.97 Å². The number of aromatic nitrogens is 1. The molecule has 2 aliphatic rings. The standard InChI is InChI=1S/C21H28N2O2/c1-21(2,3)16-7-6-14-15-8-13(20(24)25-5)11-23(4)17(15)9-12-10-22-19(16)18(12)14/h6-7,10,13,15,17,22H,8-9,11H2,1-5H3/t13?,15-,17-/m1/s1. The summed E-state index contributed by atoms with van der Waals surface area (Å²) in [4.78, 5) is 18.1. The molecule has 1 aliphatic heterocycles. The minimum Gasteiger partial charge on any atom is -0.469 e. The molecular formula is C21H28N2O2. The number of H-pyrrole nitrogens is 1. The van der Waals surface area contributed by atoms with Crippen LogP contribution in [-0.4, -0.2) is 42.6 Å². The lowest BCUT2D eigenvalue weighted by Gasteiger charge is -2.45. The molecule has 4 nitrogen and oxygen atoms in total. The van der Waals surface area contributed by atoms with Crippen LogP contribution in [0.4, 0.5) is 0 Å². The monoisotopic (exact) mass is 340 g/mol. The second kappa shape index (κ2) is 5.60. The number of esters is 1. The lowest BCUT2D eigenvalue weighted by Crippen LogP contribution is -2.49. The molecule has 0 radical (unpaired) electrons. The van der Waals surface area contributed by atoms with Crippen LogP contribution >= 0.6 is 0 Å². The number of piperidine rings is 1. The quantitative estimate of drug-likeness (QED) is 0.807. The van der Waals surface area contributed by atoms with Gasteiger partial charge in [0.25, 0.3) is 0 Å². The number of fused-ring (bicyclic) bond motifs is 2. The van der Waals surface area contributed by atoms with E-state index in [0.717, 1.165) is 19.4 Å². The van der Waals surface area contributed by atoms with E-state index in [2.05, 4.69) is 56.0 Å². The number of benzene rings is 1. The van der Waals surface area contributed by atoms with E-state index in [0.29, 0.717) is 12.0 Å². The summed E-state index contributed by atoms with van der Waals surface area (Å²) in [5.41, 5.74) is 5.57. The lowest BCUT2D eigenvalue weighted by molar-refractivity contribution is -0.148. The normalized spacial score (nSPS) is 26.5. The Morgan fingerprint density at radius 1 is 1.32 bits per heavy atom. The molecule has 2 aromatic rings. The summed E-state index contributed by atoms with van der Waals surface area (Å²) < 4.78 is 5.04. The van der Waals surface area contributed by atoms with Gasteiger partial charge in [0.05, 0.1) is 13.0 Å². The fourth-order valence-electron chi connectivity index (χ4n) is 4.96. The third-order valence-electron chi connectivity index (χ3n) is 6.20. The third-order valence-corrected chi connectivity index (χ3v) is 6.20. The van der Waals surface area contributed by atoms with Crippen LogP contribution in [0.15, 0.2) is 18.3 Å². The van der Waals surface area contributed by atoms with Crippen LogP contribution in [0.5, 0.6) is 0 Å². The molecule has 2 heterocycles. The smallest absolute Gasteiger partial charge is 0.309 e. The molecule has 25 heavy (non-hydrogen) atoms. The number of carbonyl (C=O) groups is 1. The molecule has 4 heteroatoms. The Bertz CT molecular complexity index is 830. The van der Waals surface area contributed by atoms with Gasteiger partial charge in [-0.1, -0.05) is 32.9 Å². The fraction of sp³-hybridized carbons (Fsp3) is 0.571. The molecule has 1 aromatic heterocycles. The van der Waals surface area contributed by atoms with E-state index in [1.54, 1.807) is 0 Å². The molecule has 1 fully saturated rings. The van der Waals surface area contributed by atoms with Crippen molar-refractivity contribution < 1.29 is 9.53 Å². The van der Waals surface area contributed by atoms with Gasteiger partial charge in [-0.2, -0.15) is 0 Å². The highest BCUT2D eigenvalue weighted by atomic mass is 16.5. The molecule has 1 aliphatic carbocycles. The first-order valence-corrected chi connectivity index (χ1v) is 9.22. The van der Waals surface area contributed by atoms with Gasteiger partial charge in [-0.05, 0) is 42.0 Å².